The van der Waals surface area contributed by atoms with Crippen molar-refractivity contribution < 1.29 is 17.2 Å². The van der Waals surface area contributed by atoms with Gasteiger partial charge in [-0.2, -0.15) is 11.8 Å². The van der Waals surface area contributed by atoms with Crippen LogP contribution in [-0.2, 0) is 10.0 Å². The minimum absolute atomic E-state index is 0.0571. The molecule has 2 N–H and O–H groups in total. The summed E-state index contributed by atoms with van der Waals surface area (Å²) < 4.78 is 53.8. The van der Waals surface area contributed by atoms with Crippen molar-refractivity contribution in [3.05, 3.63) is 42.4 Å². The minimum atomic E-state index is -3.65. The highest BCUT2D eigenvalue weighted by molar-refractivity contribution is 7.99. The van der Waals surface area contributed by atoms with Gasteiger partial charge >= 0.3 is 0 Å². The van der Waals surface area contributed by atoms with Gasteiger partial charge in [-0.3, -0.25) is 4.98 Å². The first-order valence-electron chi connectivity index (χ1n) is 8.76. The van der Waals surface area contributed by atoms with Crippen LogP contribution in [0.2, 0.25) is 0 Å². The lowest BCUT2D eigenvalue weighted by atomic mass is 10.1. The molecule has 6 nitrogen and oxygen atoms in total. The van der Waals surface area contributed by atoms with Crippen molar-refractivity contribution in [2.75, 3.05) is 11.5 Å². The Bertz CT molecular complexity index is 1080. The SMILES string of the molecule is O=S(=O)(NC1CCSCC1)c1ccc(-c2ccnc3[nH]c(C(F)F)cc23)nc1. The topological polar surface area (TPSA) is 87.7 Å². The normalized spacial score (nSPS) is 16.1. The lowest BCUT2D eigenvalue weighted by molar-refractivity contribution is 0.147. The molecule has 0 amide bonds. The van der Waals surface area contributed by atoms with Crippen LogP contribution in [0.25, 0.3) is 22.3 Å². The monoisotopic (exact) mass is 424 g/mol. The van der Waals surface area contributed by atoms with E-state index >= 15 is 0 Å². The number of nitrogens with zero attached hydrogens (tertiary/aromatic N) is 2. The van der Waals surface area contributed by atoms with Gasteiger partial charge < -0.3 is 4.98 Å². The van der Waals surface area contributed by atoms with Gasteiger partial charge in [0.2, 0.25) is 10.0 Å². The molecule has 1 fully saturated rings. The molecule has 28 heavy (non-hydrogen) atoms. The Morgan fingerprint density at radius 2 is 1.96 bits per heavy atom. The van der Waals surface area contributed by atoms with Gasteiger partial charge in [-0.05, 0) is 48.6 Å². The van der Waals surface area contributed by atoms with Gasteiger partial charge in [0, 0.05) is 29.4 Å². The van der Waals surface area contributed by atoms with Crippen molar-refractivity contribution in [3.63, 3.8) is 0 Å². The van der Waals surface area contributed by atoms with Crippen molar-refractivity contribution in [2.24, 2.45) is 0 Å². The van der Waals surface area contributed by atoms with Gasteiger partial charge in [0.05, 0.1) is 11.4 Å². The highest BCUT2D eigenvalue weighted by atomic mass is 32.2. The molecule has 148 valence electrons. The first kappa shape index (κ1) is 19.3. The average molecular weight is 424 g/mol. The zero-order chi connectivity index (χ0) is 19.7. The third-order valence-corrected chi connectivity index (χ3v) is 7.21. The fourth-order valence-corrected chi connectivity index (χ4v) is 5.55. The second-order valence-corrected chi connectivity index (χ2v) is 9.47. The summed E-state index contributed by atoms with van der Waals surface area (Å²) in [5.74, 6) is 1.89. The fourth-order valence-electron chi connectivity index (χ4n) is 3.19. The smallest absolute Gasteiger partial charge is 0.278 e. The lowest BCUT2D eigenvalue weighted by Crippen LogP contribution is -2.37. The molecule has 1 aliphatic heterocycles. The molecule has 4 heterocycles. The fraction of sp³-hybridized carbons (Fsp3) is 0.333. The first-order valence-corrected chi connectivity index (χ1v) is 11.4. The number of halogens is 2. The molecule has 0 aliphatic carbocycles. The molecule has 0 bridgehead atoms. The maximum atomic E-state index is 13.0. The number of hydrogen-bond acceptors (Lipinski definition) is 5. The molecule has 1 saturated heterocycles. The van der Waals surface area contributed by atoms with Gasteiger partial charge in [-0.25, -0.2) is 26.9 Å². The Hall–Kier alpha value is -2.04. The molecule has 10 heteroatoms. The summed E-state index contributed by atoms with van der Waals surface area (Å²) in [4.78, 5) is 11.0. The summed E-state index contributed by atoms with van der Waals surface area (Å²) in [5, 5.41) is 0.513. The summed E-state index contributed by atoms with van der Waals surface area (Å²) in [6.45, 7) is 0. The van der Waals surface area contributed by atoms with E-state index in [1.807, 2.05) is 11.8 Å². The van der Waals surface area contributed by atoms with Crippen molar-refractivity contribution in [1.82, 2.24) is 19.7 Å². The Morgan fingerprint density at radius 3 is 2.64 bits per heavy atom. The van der Waals surface area contributed by atoms with Crippen LogP contribution >= 0.6 is 11.8 Å². The van der Waals surface area contributed by atoms with Crippen molar-refractivity contribution in [1.29, 1.82) is 0 Å². The lowest BCUT2D eigenvalue weighted by Gasteiger charge is -2.22. The van der Waals surface area contributed by atoms with Crippen molar-refractivity contribution in [2.45, 2.75) is 30.2 Å². The molecule has 0 saturated carbocycles. The number of alkyl halides is 2. The second-order valence-electron chi connectivity index (χ2n) is 6.53. The van der Waals surface area contributed by atoms with E-state index in [-0.39, 0.29) is 16.6 Å². The van der Waals surface area contributed by atoms with E-state index in [0.29, 0.717) is 22.3 Å². The van der Waals surface area contributed by atoms with E-state index in [1.54, 1.807) is 12.1 Å². The second kappa shape index (κ2) is 7.76. The number of aromatic nitrogens is 3. The molecule has 0 aromatic carbocycles. The highest BCUT2D eigenvalue weighted by Gasteiger charge is 2.22. The number of hydrogen-bond donors (Lipinski definition) is 2. The van der Waals surface area contributed by atoms with Crippen molar-refractivity contribution in [3.8, 4) is 11.3 Å². The molecule has 0 spiro atoms. The van der Waals surface area contributed by atoms with Gasteiger partial charge in [0.1, 0.15) is 10.5 Å². The third-order valence-electron chi connectivity index (χ3n) is 4.65. The Kier molecular flexibility index (Phi) is 5.35. The van der Waals surface area contributed by atoms with Crippen LogP contribution in [0.3, 0.4) is 0 Å². The van der Waals surface area contributed by atoms with Crippen LogP contribution in [0, 0.1) is 0 Å². The van der Waals surface area contributed by atoms with E-state index < -0.39 is 16.4 Å². The Balaban J connectivity index is 1.62. The van der Waals surface area contributed by atoms with Crippen LogP contribution in [0.15, 0.2) is 41.6 Å². The summed E-state index contributed by atoms with van der Waals surface area (Å²) in [7, 11) is -3.65. The van der Waals surface area contributed by atoms with Gasteiger partial charge in [0.25, 0.3) is 6.43 Å². The molecule has 3 aromatic rings. The van der Waals surface area contributed by atoms with E-state index in [1.165, 1.54) is 24.5 Å². The number of H-pyrrole nitrogens is 1. The van der Waals surface area contributed by atoms with Gasteiger partial charge in [-0.15, -0.1) is 0 Å². The van der Waals surface area contributed by atoms with E-state index in [2.05, 4.69) is 19.7 Å². The Labute approximate surface area is 165 Å². The molecule has 4 rings (SSSR count). The number of aromatic amines is 1. The largest absolute Gasteiger partial charge is 0.338 e. The standard InChI is InChI=1S/C18H18F2N4O2S2/c19-17(20)16-9-14-13(3-6-21-18(14)23-16)15-2-1-12(10-22-15)28(25,26)24-11-4-7-27-8-5-11/h1-3,6,9-11,17,24H,4-5,7-8H2,(H,21,23). The number of fused-ring (bicyclic) bond motifs is 1. The summed E-state index contributed by atoms with van der Waals surface area (Å²) in [6.07, 6.45) is 1.78. The molecular weight excluding hydrogens is 406 g/mol. The zero-order valence-electron chi connectivity index (χ0n) is 14.7. The molecule has 3 aromatic heterocycles. The molecular formula is C18H18F2N4O2S2. The van der Waals surface area contributed by atoms with Crippen molar-refractivity contribution >= 4 is 32.8 Å². The molecule has 1 aliphatic rings. The van der Waals surface area contributed by atoms with Crippen LogP contribution < -0.4 is 4.72 Å². The van der Waals surface area contributed by atoms with Gasteiger partial charge in [0.15, 0.2) is 0 Å². The number of rotatable bonds is 5. The Morgan fingerprint density at radius 1 is 1.18 bits per heavy atom. The molecule has 0 atom stereocenters. The average Bonchev–Trinajstić information content (AvgIpc) is 3.13. The summed E-state index contributed by atoms with van der Waals surface area (Å²) >= 11 is 1.82. The zero-order valence-corrected chi connectivity index (χ0v) is 16.4. The quantitative estimate of drug-likeness (QED) is 0.652. The predicted octanol–water partition coefficient (Wildman–Crippen LogP) is 3.74. The first-order chi connectivity index (χ1) is 13.4. The highest BCUT2D eigenvalue weighted by Crippen LogP contribution is 2.30. The van der Waals surface area contributed by atoms with E-state index in [9.17, 15) is 17.2 Å². The number of pyridine rings is 2. The number of nitrogens with one attached hydrogen (secondary N) is 2. The van der Waals surface area contributed by atoms with Crippen LogP contribution in [0.4, 0.5) is 8.78 Å². The van der Waals surface area contributed by atoms with E-state index in [4.69, 9.17) is 0 Å². The summed E-state index contributed by atoms with van der Waals surface area (Å²) in [5.41, 5.74) is 1.21. The minimum Gasteiger partial charge on any atom is -0.338 e. The number of thioether (sulfide) groups is 1. The molecule has 0 unspecified atom stereocenters. The maximum absolute atomic E-state index is 13.0. The predicted molar refractivity (Wildman–Crippen MR) is 105 cm³/mol. The van der Waals surface area contributed by atoms with E-state index in [0.717, 1.165) is 24.3 Å². The van der Waals surface area contributed by atoms with Crippen LogP contribution in [0.1, 0.15) is 25.0 Å². The van der Waals surface area contributed by atoms with Crippen LogP contribution in [0.5, 0.6) is 0 Å². The summed E-state index contributed by atoms with van der Waals surface area (Å²) in [6, 6.07) is 6.01. The third kappa shape index (κ3) is 3.89. The number of sulfonamides is 1. The van der Waals surface area contributed by atoms with Gasteiger partial charge in [-0.1, -0.05) is 0 Å². The maximum Gasteiger partial charge on any atom is 0.278 e. The van der Waals surface area contributed by atoms with Crippen LogP contribution in [-0.4, -0.2) is 40.9 Å². The molecule has 0 radical (unpaired) electrons.